The van der Waals surface area contributed by atoms with Crippen molar-refractivity contribution in [3.05, 3.63) is 0 Å². The Bertz CT molecular complexity index is 340. The number of rotatable bonds is 5. The zero-order valence-corrected chi connectivity index (χ0v) is 8.13. The van der Waals surface area contributed by atoms with Gasteiger partial charge in [0.05, 0.1) is 0 Å². The largest absolute Gasteiger partial charge is 0.481 e. The number of carbonyl (C=O) groups is 3. The van der Waals surface area contributed by atoms with Gasteiger partial charge in [-0.05, 0) is 0 Å². The van der Waals surface area contributed by atoms with E-state index in [1.807, 2.05) is 0 Å². The molecule has 0 aliphatic rings. The summed E-state index contributed by atoms with van der Waals surface area (Å²) in [4.78, 5) is 31.7. The molecule has 0 aromatic carbocycles. The van der Waals surface area contributed by atoms with Crippen molar-refractivity contribution in [2.45, 2.75) is 0 Å². The molecule has 6 heteroatoms. The molecule has 84 valence electrons. The van der Waals surface area contributed by atoms with Crippen molar-refractivity contribution in [2.24, 2.45) is 5.92 Å². The molecule has 0 aliphatic heterocycles. The molecule has 6 nitrogen and oxygen atoms in total. The molecule has 0 saturated carbocycles. The predicted molar refractivity (Wildman–Crippen MR) is 50.7 cm³/mol. The second kappa shape index (κ2) is 6.91. The molecular formula is C10H8O6. The van der Waals surface area contributed by atoms with Crippen LogP contribution >= 0.6 is 0 Å². The summed E-state index contributed by atoms with van der Waals surface area (Å²) in [5, 5.41) is 8.66. The molecule has 0 spiro atoms. The molecule has 0 radical (unpaired) electrons. The summed E-state index contributed by atoms with van der Waals surface area (Å²) < 4.78 is 8.76. The quantitative estimate of drug-likeness (QED) is 0.367. The number of ether oxygens (including phenoxy) is 2. The van der Waals surface area contributed by atoms with Crippen LogP contribution in [-0.2, 0) is 23.9 Å². The molecule has 1 N–H and O–H groups in total. The Kier molecular flexibility index (Phi) is 5.84. The first-order valence-corrected chi connectivity index (χ1v) is 4.00. The predicted octanol–water partition coefficient (Wildman–Crippen LogP) is -0.960. The maximum absolute atomic E-state index is 10.6. The third-order valence-corrected chi connectivity index (χ3v) is 1.42. The van der Waals surface area contributed by atoms with Gasteiger partial charge in [-0.15, -0.1) is 12.8 Å². The van der Waals surface area contributed by atoms with Crippen molar-refractivity contribution < 1.29 is 29.0 Å². The van der Waals surface area contributed by atoms with Gasteiger partial charge >= 0.3 is 17.9 Å². The Morgan fingerprint density at radius 3 is 1.69 bits per heavy atom. The number of terminal acetylenes is 2. The number of hydrogen-bond donors (Lipinski definition) is 1. The van der Waals surface area contributed by atoms with Crippen LogP contribution in [0.5, 0.6) is 0 Å². The van der Waals surface area contributed by atoms with Gasteiger partial charge in [0.1, 0.15) is 19.1 Å². The zero-order chi connectivity index (χ0) is 12.6. The highest BCUT2D eigenvalue weighted by Crippen LogP contribution is 2.00. The first-order valence-electron chi connectivity index (χ1n) is 4.00. The number of carboxylic acids is 1. The molecule has 0 aromatic rings. The molecule has 0 aromatic heterocycles. The minimum absolute atomic E-state index is 0.490. The molecule has 0 heterocycles. The van der Waals surface area contributed by atoms with Crippen molar-refractivity contribution >= 4 is 17.9 Å². The standard InChI is InChI=1S/C10H8O6/c1-3-8(11)15-5-7(10(13)14)6-16-9(12)4-2/h1-2,7H,5-6H2,(H,13,14). The van der Waals surface area contributed by atoms with E-state index in [-0.39, 0.29) is 0 Å². The Morgan fingerprint density at radius 2 is 1.44 bits per heavy atom. The van der Waals surface area contributed by atoms with E-state index >= 15 is 0 Å². The van der Waals surface area contributed by atoms with Gasteiger partial charge in [-0.2, -0.15) is 0 Å². The van der Waals surface area contributed by atoms with E-state index in [1.165, 1.54) is 0 Å². The summed E-state index contributed by atoms with van der Waals surface area (Å²) >= 11 is 0. The lowest BCUT2D eigenvalue weighted by molar-refractivity contribution is -0.152. The summed E-state index contributed by atoms with van der Waals surface area (Å²) in [6.07, 6.45) is 9.39. The highest BCUT2D eigenvalue weighted by Gasteiger charge is 2.21. The SMILES string of the molecule is C#CC(=O)OCC(COC(=O)C#C)C(=O)O. The Balaban J connectivity index is 4.15. The van der Waals surface area contributed by atoms with Gasteiger partial charge in [-0.3, -0.25) is 4.79 Å². The van der Waals surface area contributed by atoms with E-state index in [0.29, 0.717) is 0 Å². The Morgan fingerprint density at radius 1 is 1.06 bits per heavy atom. The lowest BCUT2D eigenvalue weighted by Gasteiger charge is -2.10. The zero-order valence-electron chi connectivity index (χ0n) is 8.13. The second-order valence-electron chi connectivity index (χ2n) is 2.52. The molecule has 0 aliphatic carbocycles. The fourth-order valence-electron chi connectivity index (χ4n) is 0.627. The topological polar surface area (TPSA) is 89.9 Å². The molecule has 0 unspecified atom stereocenters. The van der Waals surface area contributed by atoms with E-state index in [1.54, 1.807) is 11.8 Å². The molecule has 0 rings (SSSR count). The number of esters is 2. The lowest BCUT2D eigenvalue weighted by Crippen LogP contribution is -2.27. The minimum atomic E-state index is -1.30. The number of carbonyl (C=O) groups excluding carboxylic acids is 2. The monoisotopic (exact) mass is 224 g/mol. The Labute approximate surface area is 91.5 Å². The highest BCUT2D eigenvalue weighted by molar-refractivity contribution is 5.88. The first kappa shape index (κ1) is 13.5. The van der Waals surface area contributed by atoms with E-state index in [0.717, 1.165) is 0 Å². The van der Waals surface area contributed by atoms with Crippen LogP contribution in [0.25, 0.3) is 0 Å². The van der Waals surface area contributed by atoms with Crippen LogP contribution < -0.4 is 0 Å². The van der Waals surface area contributed by atoms with Crippen LogP contribution in [0, 0.1) is 30.6 Å². The molecule has 16 heavy (non-hydrogen) atoms. The number of carboxylic acid groups (broad SMARTS) is 1. The van der Waals surface area contributed by atoms with Crippen LogP contribution in [0.1, 0.15) is 0 Å². The van der Waals surface area contributed by atoms with Crippen LogP contribution in [0.2, 0.25) is 0 Å². The van der Waals surface area contributed by atoms with Crippen molar-refractivity contribution in [2.75, 3.05) is 13.2 Å². The van der Waals surface area contributed by atoms with Crippen LogP contribution in [0.3, 0.4) is 0 Å². The minimum Gasteiger partial charge on any atom is -0.481 e. The lowest BCUT2D eigenvalue weighted by atomic mass is 10.2. The fourth-order valence-corrected chi connectivity index (χ4v) is 0.627. The smallest absolute Gasteiger partial charge is 0.384 e. The van der Waals surface area contributed by atoms with Crippen LogP contribution in [-0.4, -0.2) is 36.2 Å². The third-order valence-electron chi connectivity index (χ3n) is 1.42. The van der Waals surface area contributed by atoms with Gasteiger partial charge in [-0.25, -0.2) is 9.59 Å². The van der Waals surface area contributed by atoms with Crippen LogP contribution in [0.4, 0.5) is 0 Å². The van der Waals surface area contributed by atoms with Crippen LogP contribution in [0.15, 0.2) is 0 Å². The van der Waals surface area contributed by atoms with Crippen molar-refractivity contribution in [1.82, 2.24) is 0 Å². The second-order valence-corrected chi connectivity index (χ2v) is 2.52. The van der Waals surface area contributed by atoms with Gasteiger partial charge in [0.25, 0.3) is 0 Å². The maximum Gasteiger partial charge on any atom is 0.384 e. The third kappa shape index (κ3) is 5.30. The average molecular weight is 224 g/mol. The highest BCUT2D eigenvalue weighted by atomic mass is 16.5. The van der Waals surface area contributed by atoms with E-state index < -0.39 is 37.0 Å². The van der Waals surface area contributed by atoms with E-state index in [4.69, 9.17) is 18.0 Å². The molecule has 0 fully saturated rings. The summed E-state index contributed by atoms with van der Waals surface area (Å²) in [5.41, 5.74) is 0. The summed E-state index contributed by atoms with van der Waals surface area (Å²) in [7, 11) is 0. The summed E-state index contributed by atoms with van der Waals surface area (Å²) in [6, 6.07) is 0. The fraction of sp³-hybridized carbons (Fsp3) is 0.300. The molecular weight excluding hydrogens is 216 g/mol. The van der Waals surface area contributed by atoms with Gasteiger partial charge in [0, 0.05) is 11.8 Å². The van der Waals surface area contributed by atoms with Gasteiger partial charge < -0.3 is 14.6 Å². The van der Waals surface area contributed by atoms with Crippen molar-refractivity contribution in [3.8, 4) is 24.7 Å². The number of aliphatic carboxylic acids is 1. The van der Waals surface area contributed by atoms with Gasteiger partial charge in [0.2, 0.25) is 0 Å². The normalized spacial score (nSPS) is 8.69. The maximum atomic E-state index is 10.6. The molecule has 0 atom stereocenters. The van der Waals surface area contributed by atoms with Gasteiger partial charge in [-0.1, -0.05) is 0 Å². The van der Waals surface area contributed by atoms with E-state index in [9.17, 15) is 14.4 Å². The molecule has 0 amide bonds. The van der Waals surface area contributed by atoms with Gasteiger partial charge in [0.15, 0.2) is 0 Å². The summed E-state index contributed by atoms with van der Waals surface area (Å²) in [5.74, 6) is -1.20. The summed E-state index contributed by atoms with van der Waals surface area (Å²) in [6.45, 7) is -0.980. The molecule has 0 bridgehead atoms. The van der Waals surface area contributed by atoms with Crippen molar-refractivity contribution in [1.29, 1.82) is 0 Å². The average Bonchev–Trinajstić information content (AvgIpc) is 2.27. The first-order chi connectivity index (χ1) is 7.51. The Hall–Kier alpha value is -2.47. The molecule has 0 saturated heterocycles. The number of hydrogen-bond acceptors (Lipinski definition) is 5. The van der Waals surface area contributed by atoms with E-state index in [2.05, 4.69) is 9.47 Å². The van der Waals surface area contributed by atoms with Crippen molar-refractivity contribution in [3.63, 3.8) is 0 Å².